The molecule has 1 saturated heterocycles. The highest BCUT2D eigenvalue weighted by molar-refractivity contribution is 5.92. The highest BCUT2D eigenvalue weighted by Crippen LogP contribution is 2.17. The molecule has 6 heteroatoms. The first-order valence-corrected chi connectivity index (χ1v) is 6.25. The van der Waals surface area contributed by atoms with Gasteiger partial charge in [-0.2, -0.15) is 5.10 Å². The Balaban J connectivity index is 1.98. The van der Waals surface area contributed by atoms with Gasteiger partial charge in [0.15, 0.2) is 0 Å². The van der Waals surface area contributed by atoms with Gasteiger partial charge >= 0.3 is 5.97 Å². The average molecular weight is 263 g/mol. The molecule has 2 rings (SSSR count). The zero-order chi connectivity index (χ0) is 13.8. The van der Waals surface area contributed by atoms with E-state index in [9.17, 15) is 9.59 Å². The van der Waals surface area contributed by atoms with Gasteiger partial charge in [-0.3, -0.25) is 14.3 Å². The fourth-order valence-electron chi connectivity index (χ4n) is 2.19. The molecule has 0 bridgehead atoms. The van der Waals surface area contributed by atoms with Crippen LogP contribution in [0.25, 0.3) is 6.08 Å². The van der Waals surface area contributed by atoms with E-state index < -0.39 is 11.9 Å². The van der Waals surface area contributed by atoms with E-state index in [1.54, 1.807) is 35.0 Å². The minimum Gasteiger partial charge on any atom is -0.481 e. The van der Waals surface area contributed by atoms with Crippen LogP contribution in [0.5, 0.6) is 0 Å². The van der Waals surface area contributed by atoms with E-state index in [-0.39, 0.29) is 5.91 Å². The maximum atomic E-state index is 12.0. The second-order valence-corrected chi connectivity index (χ2v) is 4.67. The van der Waals surface area contributed by atoms with Gasteiger partial charge in [0, 0.05) is 32.4 Å². The number of carbonyl (C=O) groups is 2. The fraction of sp³-hybridized carbons (Fsp3) is 0.462. The Bertz CT molecular complexity index is 507. The number of aliphatic carboxylic acids is 1. The molecule has 1 amide bonds. The molecule has 1 aliphatic heterocycles. The van der Waals surface area contributed by atoms with Crippen LogP contribution in [0.4, 0.5) is 0 Å². The van der Waals surface area contributed by atoms with Gasteiger partial charge < -0.3 is 10.0 Å². The van der Waals surface area contributed by atoms with E-state index in [0.29, 0.717) is 19.5 Å². The first-order chi connectivity index (χ1) is 9.08. The first-order valence-electron chi connectivity index (χ1n) is 6.25. The number of amides is 1. The summed E-state index contributed by atoms with van der Waals surface area (Å²) < 4.78 is 1.67. The van der Waals surface area contributed by atoms with Gasteiger partial charge in [0.1, 0.15) is 0 Å². The molecule has 2 heterocycles. The van der Waals surface area contributed by atoms with E-state index in [0.717, 1.165) is 12.1 Å². The zero-order valence-corrected chi connectivity index (χ0v) is 10.8. The number of carbonyl (C=O) groups excluding carboxylic acids is 1. The van der Waals surface area contributed by atoms with Gasteiger partial charge in [0.2, 0.25) is 5.91 Å². The number of aryl methyl sites for hydroxylation is 1. The third-order valence-corrected chi connectivity index (χ3v) is 3.34. The van der Waals surface area contributed by atoms with Crippen molar-refractivity contribution in [1.82, 2.24) is 14.7 Å². The molecule has 0 aliphatic carbocycles. The molecule has 19 heavy (non-hydrogen) atoms. The van der Waals surface area contributed by atoms with Crippen molar-refractivity contribution in [1.29, 1.82) is 0 Å². The molecule has 0 saturated carbocycles. The van der Waals surface area contributed by atoms with Crippen LogP contribution in [0.2, 0.25) is 0 Å². The van der Waals surface area contributed by atoms with Crippen LogP contribution in [-0.2, 0) is 16.6 Å². The largest absolute Gasteiger partial charge is 0.481 e. The van der Waals surface area contributed by atoms with E-state index in [2.05, 4.69) is 5.10 Å². The highest BCUT2D eigenvalue weighted by atomic mass is 16.4. The summed E-state index contributed by atoms with van der Waals surface area (Å²) in [6.45, 7) is 0.919. The van der Waals surface area contributed by atoms with E-state index in [1.165, 1.54) is 6.08 Å². The summed E-state index contributed by atoms with van der Waals surface area (Å²) in [5, 5.41) is 13.0. The predicted octanol–water partition coefficient (Wildman–Crippen LogP) is 0.756. The molecule has 1 N–H and O–H groups in total. The number of carboxylic acid groups (broad SMARTS) is 1. The van der Waals surface area contributed by atoms with Crippen LogP contribution < -0.4 is 0 Å². The standard InChI is InChI=1S/C13H17N3O3/c1-15-11(6-7-14-15)4-5-12(17)16-8-2-3-10(9-16)13(18)19/h4-7,10H,2-3,8-9H2,1H3,(H,18,19)/b5-4+/t10-/m1/s1. The number of piperidine rings is 1. The summed E-state index contributed by atoms with van der Waals surface area (Å²) >= 11 is 0. The minimum absolute atomic E-state index is 0.146. The van der Waals surface area contributed by atoms with Crippen molar-refractivity contribution in [3.05, 3.63) is 24.0 Å². The van der Waals surface area contributed by atoms with Gasteiger partial charge in [-0.15, -0.1) is 0 Å². The van der Waals surface area contributed by atoms with Crippen molar-refractivity contribution in [3.8, 4) is 0 Å². The van der Waals surface area contributed by atoms with Crippen molar-refractivity contribution < 1.29 is 14.7 Å². The van der Waals surface area contributed by atoms with E-state index >= 15 is 0 Å². The summed E-state index contributed by atoms with van der Waals surface area (Å²) in [7, 11) is 1.80. The first kappa shape index (κ1) is 13.3. The van der Waals surface area contributed by atoms with Gasteiger partial charge in [0.25, 0.3) is 0 Å². The van der Waals surface area contributed by atoms with Gasteiger partial charge in [-0.25, -0.2) is 0 Å². The normalized spacial score (nSPS) is 19.8. The van der Waals surface area contributed by atoms with Crippen LogP contribution in [0.15, 0.2) is 18.3 Å². The monoisotopic (exact) mass is 263 g/mol. The number of aromatic nitrogens is 2. The molecule has 1 aliphatic rings. The van der Waals surface area contributed by atoms with Crippen molar-refractivity contribution in [2.45, 2.75) is 12.8 Å². The lowest BCUT2D eigenvalue weighted by Gasteiger charge is -2.29. The predicted molar refractivity (Wildman–Crippen MR) is 69.2 cm³/mol. The Hall–Kier alpha value is -2.11. The van der Waals surface area contributed by atoms with Crippen molar-refractivity contribution in [2.75, 3.05) is 13.1 Å². The van der Waals surface area contributed by atoms with Crippen LogP contribution in [-0.4, -0.2) is 44.8 Å². The van der Waals surface area contributed by atoms with Gasteiger partial charge in [-0.1, -0.05) is 0 Å². The van der Waals surface area contributed by atoms with Gasteiger partial charge in [-0.05, 0) is 25.0 Å². The maximum Gasteiger partial charge on any atom is 0.308 e. The maximum absolute atomic E-state index is 12.0. The second kappa shape index (κ2) is 5.69. The summed E-state index contributed by atoms with van der Waals surface area (Å²) in [5.41, 5.74) is 0.833. The van der Waals surface area contributed by atoms with Crippen LogP contribution >= 0.6 is 0 Å². The smallest absolute Gasteiger partial charge is 0.308 e. The van der Waals surface area contributed by atoms with Crippen molar-refractivity contribution in [2.24, 2.45) is 13.0 Å². The molecule has 1 fully saturated rings. The Morgan fingerprint density at radius 1 is 1.53 bits per heavy atom. The Morgan fingerprint density at radius 3 is 2.95 bits per heavy atom. The third-order valence-electron chi connectivity index (χ3n) is 3.34. The summed E-state index contributed by atoms with van der Waals surface area (Å²) in [6.07, 6.45) is 6.21. The van der Waals surface area contributed by atoms with Crippen LogP contribution in [0.1, 0.15) is 18.5 Å². The molecule has 1 aromatic heterocycles. The van der Waals surface area contributed by atoms with Crippen LogP contribution in [0, 0.1) is 5.92 Å². The molecule has 0 unspecified atom stereocenters. The molecule has 102 valence electrons. The summed E-state index contributed by atoms with van der Waals surface area (Å²) in [6, 6.07) is 1.81. The number of rotatable bonds is 3. The Morgan fingerprint density at radius 2 is 2.32 bits per heavy atom. The lowest BCUT2D eigenvalue weighted by atomic mass is 9.98. The average Bonchev–Trinajstić information content (AvgIpc) is 2.81. The Kier molecular flexibility index (Phi) is 3.99. The third kappa shape index (κ3) is 3.21. The summed E-state index contributed by atoms with van der Waals surface area (Å²) in [4.78, 5) is 24.5. The second-order valence-electron chi connectivity index (χ2n) is 4.67. The fourth-order valence-corrected chi connectivity index (χ4v) is 2.19. The number of carboxylic acids is 1. The topological polar surface area (TPSA) is 75.4 Å². The molecule has 1 aromatic rings. The summed E-state index contributed by atoms with van der Waals surface area (Å²) in [5.74, 6) is -1.41. The number of hydrogen-bond donors (Lipinski definition) is 1. The molecule has 0 spiro atoms. The van der Waals surface area contributed by atoms with E-state index in [4.69, 9.17) is 5.11 Å². The SMILES string of the molecule is Cn1nccc1/C=C/C(=O)N1CCC[C@@H](C(=O)O)C1. The van der Waals surface area contributed by atoms with Crippen molar-refractivity contribution >= 4 is 18.0 Å². The number of likely N-dealkylation sites (tertiary alicyclic amines) is 1. The molecular weight excluding hydrogens is 246 g/mol. The lowest BCUT2D eigenvalue weighted by molar-refractivity contribution is -0.144. The molecule has 1 atom stereocenters. The quantitative estimate of drug-likeness (QED) is 0.817. The number of hydrogen-bond acceptors (Lipinski definition) is 3. The lowest BCUT2D eigenvalue weighted by Crippen LogP contribution is -2.41. The molecule has 0 radical (unpaired) electrons. The molecule has 6 nitrogen and oxygen atoms in total. The molecular formula is C13H17N3O3. The van der Waals surface area contributed by atoms with E-state index in [1.807, 2.05) is 0 Å². The molecule has 0 aromatic carbocycles. The van der Waals surface area contributed by atoms with Crippen molar-refractivity contribution in [3.63, 3.8) is 0 Å². The zero-order valence-electron chi connectivity index (χ0n) is 10.8. The Labute approximate surface area is 111 Å². The van der Waals surface area contributed by atoms with Gasteiger partial charge in [0.05, 0.1) is 11.6 Å². The minimum atomic E-state index is -0.826. The number of nitrogens with zero attached hydrogens (tertiary/aromatic N) is 3. The highest BCUT2D eigenvalue weighted by Gasteiger charge is 2.27. The van der Waals surface area contributed by atoms with Crippen LogP contribution in [0.3, 0.4) is 0 Å².